The summed E-state index contributed by atoms with van der Waals surface area (Å²) in [5.41, 5.74) is 5.42. The van der Waals surface area contributed by atoms with Crippen molar-refractivity contribution < 1.29 is 4.79 Å². The lowest BCUT2D eigenvalue weighted by Crippen LogP contribution is -2.44. The molecule has 0 spiro atoms. The molecular formula is C17H36IN5O. The molecule has 0 radical (unpaired) electrons. The predicted octanol–water partition coefficient (Wildman–Crippen LogP) is 1.79. The number of nitrogens with one attached hydrogen (secondary N) is 2. The fourth-order valence-corrected chi connectivity index (χ4v) is 2.68. The van der Waals surface area contributed by atoms with E-state index < -0.39 is 0 Å². The van der Waals surface area contributed by atoms with E-state index in [1.807, 2.05) is 0 Å². The predicted molar refractivity (Wildman–Crippen MR) is 112 cm³/mol. The highest BCUT2D eigenvalue weighted by Crippen LogP contribution is 2.15. The maximum atomic E-state index is 11.3. The molecule has 0 aromatic carbocycles. The number of guanidine groups is 1. The number of likely N-dealkylation sites (tertiary alicyclic amines) is 1. The molecule has 0 aliphatic carbocycles. The van der Waals surface area contributed by atoms with Crippen molar-refractivity contribution in [3.05, 3.63) is 0 Å². The zero-order valence-electron chi connectivity index (χ0n) is 15.7. The molecular weight excluding hydrogens is 417 g/mol. The lowest BCUT2D eigenvalue weighted by molar-refractivity contribution is -0.123. The number of piperidine rings is 1. The highest BCUT2D eigenvalue weighted by atomic mass is 127. The fourth-order valence-electron chi connectivity index (χ4n) is 2.68. The summed E-state index contributed by atoms with van der Waals surface area (Å²) in [7, 11) is 0. The molecule has 1 saturated heterocycles. The van der Waals surface area contributed by atoms with Gasteiger partial charge in [0.2, 0.25) is 5.91 Å². The molecule has 24 heavy (non-hydrogen) atoms. The Morgan fingerprint density at radius 3 is 2.67 bits per heavy atom. The van der Waals surface area contributed by atoms with E-state index in [9.17, 15) is 4.79 Å². The Bertz CT molecular complexity index is 389. The van der Waals surface area contributed by atoms with E-state index in [1.54, 1.807) is 0 Å². The van der Waals surface area contributed by atoms with Crippen LogP contribution in [0.4, 0.5) is 0 Å². The van der Waals surface area contributed by atoms with Crippen LogP contribution in [0.3, 0.4) is 0 Å². The number of primary amides is 1. The number of carbonyl (C=O) groups excluding carboxylic acids is 1. The van der Waals surface area contributed by atoms with Crippen LogP contribution in [0, 0.1) is 11.8 Å². The van der Waals surface area contributed by atoms with E-state index in [2.05, 4.69) is 48.2 Å². The van der Waals surface area contributed by atoms with Crippen LogP contribution in [-0.2, 0) is 4.79 Å². The van der Waals surface area contributed by atoms with Gasteiger partial charge in [-0.2, -0.15) is 0 Å². The first kappa shape index (κ1) is 23.4. The minimum absolute atomic E-state index is 0. The summed E-state index contributed by atoms with van der Waals surface area (Å²) in [4.78, 5) is 18.3. The second kappa shape index (κ2) is 12.7. The number of hydrogen-bond acceptors (Lipinski definition) is 3. The average molecular weight is 453 g/mol. The standard InChI is InChI=1S/C17H35N5O.HI/c1-5-19-17(21-14(4)13(2)3)20-9-7-11-22-10-6-8-15(12-22)16(18)23;/h13-15H,5-12H2,1-4H3,(H2,18,23)(H2,19,20,21);1H. The van der Waals surface area contributed by atoms with Crippen molar-refractivity contribution in [3.8, 4) is 0 Å². The number of halogens is 1. The monoisotopic (exact) mass is 453 g/mol. The molecule has 2 atom stereocenters. The number of rotatable bonds is 8. The lowest BCUT2D eigenvalue weighted by Gasteiger charge is -2.30. The topological polar surface area (TPSA) is 82.8 Å². The van der Waals surface area contributed by atoms with E-state index in [1.165, 1.54) is 0 Å². The van der Waals surface area contributed by atoms with Crippen LogP contribution in [0.15, 0.2) is 4.99 Å². The van der Waals surface area contributed by atoms with Crippen molar-refractivity contribution >= 4 is 35.8 Å². The first-order chi connectivity index (χ1) is 10.9. The minimum atomic E-state index is -0.158. The molecule has 1 aliphatic heterocycles. The molecule has 1 fully saturated rings. The van der Waals surface area contributed by atoms with E-state index >= 15 is 0 Å². The molecule has 6 nitrogen and oxygen atoms in total. The average Bonchev–Trinajstić information content (AvgIpc) is 2.51. The highest BCUT2D eigenvalue weighted by molar-refractivity contribution is 14.0. The second-order valence-electron chi connectivity index (χ2n) is 6.83. The van der Waals surface area contributed by atoms with Crippen LogP contribution in [0.5, 0.6) is 0 Å². The van der Waals surface area contributed by atoms with Crippen LogP contribution < -0.4 is 16.4 Å². The minimum Gasteiger partial charge on any atom is -0.369 e. The maximum Gasteiger partial charge on any atom is 0.221 e. The van der Waals surface area contributed by atoms with Crippen molar-refractivity contribution in [2.45, 2.75) is 53.0 Å². The van der Waals surface area contributed by atoms with Crippen molar-refractivity contribution in [1.82, 2.24) is 15.5 Å². The molecule has 0 aromatic heterocycles. The third-order valence-corrected chi connectivity index (χ3v) is 4.52. The number of nitrogens with two attached hydrogens (primary N) is 1. The van der Waals surface area contributed by atoms with Gasteiger partial charge >= 0.3 is 0 Å². The molecule has 1 rings (SSSR count). The van der Waals surface area contributed by atoms with Crippen molar-refractivity contribution in [3.63, 3.8) is 0 Å². The van der Waals surface area contributed by atoms with Crippen LogP contribution in [0.2, 0.25) is 0 Å². The Balaban J connectivity index is 0.00000529. The van der Waals surface area contributed by atoms with E-state index in [0.29, 0.717) is 12.0 Å². The summed E-state index contributed by atoms with van der Waals surface area (Å²) < 4.78 is 0. The fraction of sp³-hybridized carbons (Fsp3) is 0.882. The third kappa shape index (κ3) is 9.05. The van der Waals surface area contributed by atoms with Crippen LogP contribution in [-0.4, -0.2) is 55.5 Å². The summed E-state index contributed by atoms with van der Waals surface area (Å²) in [6.07, 6.45) is 3.00. The summed E-state index contributed by atoms with van der Waals surface area (Å²) in [6.45, 7) is 13.2. The van der Waals surface area contributed by atoms with Gasteiger partial charge < -0.3 is 21.3 Å². The van der Waals surface area contributed by atoms with Crippen molar-refractivity contribution in [2.24, 2.45) is 22.6 Å². The maximum absolute atomic E-state index is 11.3. The second-order valence-corrected chi connectivity index (χ2v) is 6.83. The van der Waals surface area contributed by atoms with E-state index in [4.69, 9.17) is 5.73 Å². The summed E-state index contributed by atoms with van der Waals surface area (Å²) >= 11 is 0. The zero-order valence-corrected chi connectivity index (χ0v) is 18.0. The quantitative estimate of drug-likeness (QED) is 0.227. The van der Waals surface area contributed by atoms with Crippen molar-refractivity contribution in [2.75, 3.05) is 32.7 Å². The first-order valence-electron chi connectivity index (χ1n) is 9.00. The summed E-state index contributed by atoms with van der Waals surface area (Å²) in [5, 5.41) is 6.73. The van der Waals surface area contributed by atoms with Crippen LogP contribution in [0.25, 0.3) is 0 Å². The van der Waals surface area contributed by atoms with Gasteiger partial charge in [-0.15, -0.1) is 24.0 Å². The van der Waals surface area contributed by atoms with Gasteiger partial charge in [-0.25, -0.2) is 0 Å². The molecule has 0 aromatic rings. The number of aliphatic imine (C=N–C) groups is 1. The largest absolute Gasteiger partial charge is 0.369 e. The Morgan fingerprint density at radius 1 is 1.38 bits per heavy atom. The summed E-state index contributed by atoms with van der Waals surface area (Å²) in [5.74, 6) is 1.33. The number of nitrogens with zero attached hydrogens (tertiary/aromatic N) is 2. The number of carbonyl (C=O) groups is 1. The summed E-state index contributed by atoms with van der Waals surface area (Å²) in [6, 6.07) is 0.395. The molecule has 1 heterocycles. The van der Waals surface area contributed by atoms with Crippen molar-refractivity contribution in [1.29, 1.82) is 0 Å². The number of amides is 1. The van der Waals surface area contributed by atoms with Gasteiger partial charge in [0.25, 0.3) is 0 Å². The Labute approximate surface area is 164 Å². The van der Waals surface area contributed by atoms with E-state index in [0.717, 1.165) is 57.9 Å². The van der Waals surface area contributed by atoms with Gasteiger partial charge in [-0.1, -0.05) is 13.8 Å². The molecule has 4 N–H and O–H groups in total. The molecule has 1 aliphatic rings. The van der Waals surface area contributed by atoms with Gasteiger partial charge in [-0.05, 0) is 52.1 Å². The lowest BCUT2D eigenvalue weighted by atomic mass is 9.97. The van der Waals surface area contributed by atoms with Gasteiger partial charge in [0.15, 0.2) is 5.96 Å². The smallest absolute Gasteiger partial charge is 0.221 e. The molecule has 0 bridgehead atoms. The Morgan fingerprint density at radius 2 is 2.08 bits per heavy atom. The van der Waals surface area contributed by atoms with Gasteiger partial charge in [0.1, 0.15) is 0 Å². The molecule has 0 saturated carbocycles. The van der Waals surface area contributed by atoms with E-state index in [-0.39, 0.29) is 35.8 Å². The molecule has 1 amide bonds. The zero-order chi connectivity index (χ0) is 17.2. The Kier molecular flexibility index (Phi) is 12.4. The molecule has 142 valence electrons. The van der Waals surface area contributed by atoms with Gasteiger partial charge in [0.05, 0.1) is 5.92 Å². The van der Waals surface area contributed by atoms with Crippen LogP contribution >= 0.6 is 24.0 Å². The van der Waals surface area contributed by atoms with Gasteiger partial charge in [0, 0.05) is 25.7 Å². The van der Waals surface area contributed by atoms with Gasteiger partial charge in [-0.3, -0.25) is 9.79 Å². The Hall–Kier alpha value is -0.570. The van der Waals surface area contributed by atoms with Crippen LogP contribution in [0.1, 0.15) is 47.0 Å². The SMILES string of the molecule is CCNC(=NCCCN1CCCC(C(N)=O)C1)NC(C)C(C)C.I. The normalized spacial score (nSPS) is 20.4. The first-order valence-corrected chi connectivity index (χ1v) is 9.00. The third-order valence-electron chi connectivity index (χ3n) is 4.52. The molecule has 2 unspecified atom stereocenters. The number of hydrogen-bond donors (Lipinski definition) is 3. The molecule has 7 heteroatoms. The highest BCUT2D eigenvalue weighted by Gasteiger charge is 2.23.